The van der Waals surface area contributed by atoms with E-state index < -0.39 is 16.7 Å². The van der Waals surface area contributed by atoms with Crippen LogP contribution in [0.4, 0.5) is 30.5 Å². The second kappa shape index (κ2) is 8.22. The summed E-state index contributed by atoms with van der Waals surface area (Å²) in [6.07, 6.45) is -3.06. The molecule has 0 saturated carbocycles. The van der Waals surface area contributed by atoms with Gasteiger partial charge in [-0.1, -0.05) is 12.1 Å². The zero-order valence-corrected chi connectivity index (χ0v) is 15.4. The maximum Gasteiger partial charge on any atom is 0.416 e. The molecule has 2 aromatic carbocycles. The molecule has 0 radical (unpaired) electrons. The fraction of sp³-hybridized carbons (Fsp3) is 0.118. The lowest BCUT2D eigenvalue weighted by Crippen LogP contribution is -2.20. The Morgan fingerprint density at radius 2 is 1.90 bits per heavy atom. The first-order valence-corrected chi connectivity index (χ1v) is 8.49. The van der Waals surface area contributed by atoms with Crippen LogP contribution in [-0.2, 0) is 12.7 Å². The number of non-ortho nitro benzene ring substituents is 1. The van der Waals surface area contributed by atoms with E-state index in [1.54, 1.807) is 6.07 Å². The first kappa shape index (κ1) is 20.2. The van der Waals surface area contributed by atoms with Crippen molar-refractivity contribution < 1.29 is 18.1 Å². The topological polar surface area (TPSA) is 97.9 Å². The third-order valence-corrected chi connectivity index (χ3v) is 3.90. The van der Waals surface area contributed by atoms with E-state index in [1.807, 2.05) is 0 Å². The summed E-state index contributed by atoms with van der Waals surface area (Å²) in [5, 5.41) is 20.5. The number of benzene rings is 2. The van der Waals surface area contributed by atoms with Gasteiger partial charge >= 0.3 is 6.18 Å². The molecule has 0 aliphatic rings. The van der Waals surface area contributed by atoms with Crippen LogP contribution in [0.3, 0.4) is 0 Å². The highest BCUT2D eigenvalue weighted by atomic mass is 32.1. The van der Waals surface area contributed by atoms with E-state index >= 15 is 0 Å². The van der Waals surface area contributed by atoms with E-state index in [-0.39, 0.29) is 23.3 Å². The summed E-state index contributed by atoms with van der Waals surface area (Å²) in [4.78, 5) is 14.1. The molecule has 2 N–H and O–H groups in total. The SMILES string of the molecule is O=[N+]([O-])c1ccc(NC(=S)Nc2ncn(Cc3cccc(C(F)(F)F)c3)n2)cc1. The average Bonchev–Trinajstić information content (AvgIpc) is 3.08. The Balaban J connectivity index is 1.60. The van der Waals surface area contributed by atoms with E-state index in [4.69, 9.17) is 12.2 Å². The predicted molar refractivity (Wildman–Crippen MR) is 104 cm³/mol. The van der Waals surface area contributed by atoms with Crippen molar-refractivity contribution >= 4 is 34.7 Å². The van der Waals surface area contributed by atoms with Crippen LogP contribution in [0.2, 0.25) is 0 Å². The summed E-state index contributed by atoms with van der Waals surface area (Å²) in [5.41, 5.74) is 0.158. The Kier molecular flexibility index (Phi) is 5.73. The molecule has 8 nitrogen and oxygen atoms in total. The van der Waals surface area contributed by atoms with Gasteiger partial charge in [-0.2, -0.15) is 13.2 Å². The van der Waals surface area contributed by atoms with Gasteiger partial charge in [0, 0.05) is 17.8 Å². The number of halogens is 3. The molecule has 12 heteroatoms. The van der Waals surface area contributed by atoms with Crippen LogP contribution in [0, 0.1) is 10.1 Å². The van der Waals surface area contributed by atoms with Gasteiger partial charge in [0.15, 0.2) is 5.11 Å². The number of hydrogen-bond acceptors (Lipinski definition) is 5. The van der Waals surface area contributed by atoms with Crippen LogP contribution in [0.1, 0.15) is 11.1 Å². The maximum absolute atomic E-state index is 12.8. The summed E-state index contributed by atoms with van der Waals surface area (Å²) in [6.45, 7) is 0.0984. The molecule has 29 heavy (non-hydrogen) atoms. The smallest absolute Gasteiger partial charge is 0.332 e. The third kappa shape index (κ3) is 5.48. The second-order valence-electron chi connectivity index (χ2n) is 5.85. The molecule has 0 spiro atoms. The predicted octanol–water partition coefficient (Wildman–Crippen LogP) is 4.06. The minimum Gasteiger partial charge on any atom is -0.332 e. The van der Waals surface area contributed by atoms with Crippen molar-refractivity contribution in [3.63, 3.8) is 0 Å². The Morgan fingerprint density at radius 3 is 2.55 bits per heavy atom. The number of anilines is 2. The number of rotatable bonds is 5. The number of aromatic nitrogens is 3. The van der Waals surface area contributed by atoms with Gasteiger partial charge in [0.25, 0.3) is 5.69 Å². The Bertz CT molecular complexity index is 1040. The molecule has 3 rings (SSSR count). The first-order valence-electron chi connectivity index (χ1n) is 8.09. The van der Waals surface area contributed by atoms with E-state index in [9.17, 15) is 23.3 Å². The van der Waals surface area contributed by atoms with Crippen molar-refractivity contribution in [2.75, 3.05) is 10.6 Å². The molecule has 150 valence electrons. The number of nitrogens with zero attached hydrogens (tertiary/aromatic N) is 4. The zero-order chi connectivity index (χ0) is 21.0. The zero-order valence-electron chi connectivity index (χ0n) is 14.6. The molecular weight excluding hydrogens is 409 g/mol. The largest absolute Gasteiger partial charge is 0.416 e. The maximum atomic E-state index is 12.8. The number of nitrogens with one attached hydrogen (secondary N) is 2. The minimum atomic E-state index is -4.42. The van der Waals surface area contributed by atoms with Gasteiger partial charge in [0.1, 0.15) is 6.33 Å². The summed E-state index contributed by atoms with van der Waals surface area (Å²) in [5.74, 6) is 0.149. The first-order chi connectivity index (χ1) is 13.7. The van der Waals surface area contributed by atoms with Gasteiger partial charge in [-0.05, 0) is 42.0 Å². The van der Waals surface area contributed by atoms with E-state index in [0.717, 1.165) is 12.1 Å². The molecule has 0 aliphatic carbocycles. The second-order valence-corrected chi connectivity index (χ2v) is 6.26. The molecule has 0 unspecified atom stereocenters. The van der Waals surface area contributed by atoms with Crippen molar-refractivity contribution in [3.8, 4) is 0 Å². The molecule has 0 fully saturated rings. The van der Waals surface area contributed by atoms with Crippen molar-refractivity contribution in [1.29, 1.82) is 0 Å². The van der Waals surface area contributed by atoms with Gasteiger partial charge in [-0.15, -0.1) is 5.10 Å². The van der Waals surface area contributed by atoms with Gasteiger partial charge in [-0.25, -0.2) is 9.67 Å². The Hall–Kier alpha value is -3.54. The van der Waals surface area contributed by atoms with Crippen LogP contribution in [-0.4, -0.2) is 24.8 Å². The fourth-order valence-electron chi connectivity index (χ4n) is 2.39. The van der Waals surface area contributed by atoms with Gasteiger partial charge in [0.2, 0.25) is 5.95 Å². The van der Waals surface area contributed by atoms with Crippen molar-refractivity contribution in [2.24, 2.45) is 0 Å². The molecule has 0 aliphatic heterocycles. The summed E-state index contributed by atoms with van der Waals surface area (Å²) in [6, 6.07) is 10.6. The van der Waals surface area contributed by atoms with Crippen LogP contribution in [0.15, 0.2) is 54.9 Å². The highest BCUT2D eigenvalue weighted by molar-refractivity contribution is 7.80. The van der Waals surface area contributed by atoms with E-state index in [2.05, 4.69) is 20.7 Å². The van der Waals surface area contributed by atoms with Crippen LogP contribution >= 0.6 is 12.2 Å². The van der Waals surface area contributed by atoms with Crippen LogP contribution in [0.5, 0.6) is 0 Å². The summed E-state index contributed by atoms with van der Waals surface area (Å²) < 4.78 is 39.8. The molecule has 0 amide bonds. The molecule has 3 aromatic rings. The Morgan fingerprint density at radius 1 is 1.17 bits per heavy atom. The lowest BCUT2D eigenvalue weighted by atomic mass is 10.1. The number of hydrogen-bond donors (Lipinski definition) is 2. The third-order valence-electron chi connectivity index (χ3n) is 3.70. The number of alkyl halides is 3. The quantitative estimate of drug-likeness (QED) is 0.363. The molecule has 0 bridgehead atoms. The summed E-state index contributed by atoms with van der Waals surface area (Å²) in [7, 11) is 0. The van der Waals surface area contributed by atoms with Crippen molar-refractivity contribution in [1.82, 2.24) is 14.8 Å². The molecule has 0 atom stereocenters. The van der Waals surface area contributed by atoms with Crippen LogP contribution in [0.25, 0.3) is 0 Å². The highest BCUT2D eigenvalue weighted by Gasteiger charge is 2.30. The van der Waals surface area contributed by atoms with Crippen LogP contribution < -0.4 is 10.6 Å². The van der Waals surface area contributed by atoms with Gasteiger partial charge < -0.3 is 5.32 Å². The van der Waals surface area contributed by atoms with E-state index in [1.165, 1.54) is 41.3 Å². The van der Waals surface area contributed by atoms with Gasteiger partial charge in [-0.3, -0.25) is 15.4 Å². The van der Waals surface area contributed by atoms with E-state index in [0.29, 0.717) is 11.3 Å². The normalized spacial score (nSPS) is 11.1. The summed E-state index contributed by atoms with van der Waals surface area (Å²) >= 11 is 5.13. The number of nitro groups is 1. The van der Waals surface area contributed by atoms with Gasteiger partial charge in [0.05, 0.1) is 17.0 Å². The lowest BCUT2D eigenvalue weighted by Gasteiger charge is -2.09. The number of thiocarbonyl (C=S) groups is 1. The molecular formula is C17H13F3N6O2S. The molecule has 1 heterocycles. The minimum absolute atomic E-state index is 0.0515. The highest BCUT2D eigenvalue weighted by Crippen LogP contribution is 2.29. The molecule has 0 saturated heterocycles. The lowest BCUT2D eigenvalue weighted by molar-refractivity contribution is -0.384. The monoisotopic (exact) mass is 422 g/mol. The van der Waals surface area contributed by atoms with Crippen molar-refractivity contribution in [3.05, 3.63) is 76.1 Å². The average molecular weight is 422 g/mol. The fourth-order valence-corrected chi connectivity index (χ4v) is 2.60. The molecule has 1 aromatic heterocycles. The number of nitro benzene ring substituents is 1. The van der Waals surface area contributed by atoms with Crippen molar-refractivity contribution in [2.45, 2.75) is 12.7 Å². The standard InChI is InChI=1S/C17H13F3N6O2S/c18-17(19,20)12-3-1-2-11(8-12)9-25-10-21-15(24-25)23-16(29)22-13-4-6-14(7-5-13)26(27)28/h1-8,10H,9H2,(H2,22,23,24,29). The Labute approximate surface area is 167 Å².